The quantitative estimate of drug-likeness (QED) is 0.897. The average Bonchev–Trinajstić information content (AvgIpc) is 2.19. The lowest BCUT2D eigenvalue weighted by atomic mass is 10.1. The van der Waals surface area contributed by atoms with E-state index in [1.807, 2.05) is 13.0 Å². The van der Waals surface area contributed by atoms with Crippen molar-refractivity contribution in [3.05, 3.63) is 28.0 Å². The van der Waals surface area contributed by atoms with Crippen LogP contribution in [0.2, 0.25) is 0 Å². The second-order valence-corrected chi connectivity index (χ2v) is 4.12. The number of halogens is 2. The summed E-state index contributed by atoms with van der Waals surface area (Å²) in [6.45, 7) is 2.90. The van der Waals surface area contributed by atoms with Crippen LogP contribution in [0.5, 0.6) is 5.75 Å². The van der Waals surface area contributed by atoms with Crippen LogP contribution in [-0.2, 0) is 6.42 Å². The molecule has 0 aliphatic heterocycles. The summed E-state index contributed by atoms with van der Waals surface area (Å²) in [6.07, 6.45) is 1.57. The lowest BCUT2D eigenvalue weighted by Crippen LogP contribution is -2.04. The first kappa shape index (κ1) is 12.5. The van der Waals surface area contributed by atoms with Crippen molar-refractivity contribution in [3.8, 4) is 5.75 Å². The van der Waals surface area contributed by atoms with Gasteiger partial charge in [0.1, 0.15) is 0 Å². The molecule has 0 aliphatic rings. The molecular formula is C11H15BrFNO. The maximum atomic E-state index is 13.5. The Balaban J connectivity index is 2.97. The van der Waals surface area contributed by atoms with Crippen LogP contribution < -0.4 is 10.5 Å². The van der Waals surface area contributed by atoms with E-state index in [1.54, 1.807) is 0 Å². The van der Waals surface area contributed by atoms with E-state index in [9.17, 15) is 4.39 Å². The van der Waals surface area contributed by atoms with Gasteiger partial charge in [-0.3, -0.25) is 0 Å². The van der Waals surface area contributed by atoms with E-state index in [2.05, 4.69) is 15.9 Å². The highest BCUT2D eigenvalue weighted by Gasteiger charge is 2.10. The summed E-state index contributed by atoms with van der Waals surface area (Å²) < 4.78 is 19.6. The largest absolute Gasteiger partial charge is 0.491 e. The molecule has 0 amide bonds. The highest BCUT2D eigenvalue weighted by molar-refractivity contribution is 9.10. The minimum Gasteiger partial charge on any atom is -0.491 e. The van der Waals surface area contributed by atoms with Crippen LogP contribution in [-0.4, -0.2) is 13.2 Å². The van der Waals surface area contributed by atoms with Crippen molar-refractivity contribution in [1.82, 2.24) is 0 Å². The highest BCUT2D eigenvalue weighted by Crippen LogP contribution is 2.28. The predicted molar refractivity (Wildman–Crippen MR) is 62.6 cm³/mol. The number of aryl methyl sites for hydroxylation is 1. The molecule has 0 atom stereocenters. The summed E-state index contributed by atoms with van der Waals surface area (Å²) in [4.78, 5) is 0. The van der Waals surface area contributed by atoms with Gasteiger partial charge in [-0.1, -0.05) is 15.9 Å². The standard InChI is InChI=1S/C11H15BrFNO/c1-2-15-11-8(4-3-5-14)6-9(12)7-10(11)13/h6-7H,2-5,14H2,1H3. The molecule has 1 aromatic rings. The summed E-state index contributed by atoms with van der Waals surface area (Å²) in [6, 6.07) is 3.29. The molecule has 0 saturated carbocycles. The summed E-state index contributed by atoms with van der Waals surface area (Å²) in [5.41, 5.74) is 6.30. The van der Waals surface area contributed by atoms with Crippen molar-refractivity contribution in [1.29, 1.82) is 0 Å². The predicted octanol–water partition coefficient (Wildman–Crippen LogP) is 2.88. The monoisotopic (exact) mass is 275 g/mol. The van der Waals surface area contributed by atoms with Gasteiger partial charge >= 0.3 is 0 Å². The fraction of sp³-hybridized carbons (Fsp3) is 0.455. The molecule has 0 radical (unpaired) electrons. The molecule has 84 valence electrons. The van der Waals surface area contributed by atoms with Gasteiger partial charge in [-0.25, -0.2) is 4.39 Å². The molecule has 0 aromatic heterocycles. The molecule has 0 unspecified atom stereocenters. The van der Waals surface area contributed by atoms with Crippen LogP contribution in [0.25, 0.3) is 0 Å². The van der Waals surface area contributed by atoms with E-state index < -0.39 is 0 Å². The molecule has 15 heavy (non-hydrogen) atoms. The van der Waals surface area contributed by atoms with Gasteiger partial charge in [0.15, 0.2) is 11.6 Å². The molecular weight excluding hydrogens is 261 g/mol. The molecule has 1 aromatic carbocycles. The van der Waals surface area contributed by atoms with Gasteiger partial charge in [0.05, 0.1) is 6.61 Å². The zero-order valence-corrected chi connectivity index (χ0v) is 10.3. The number of hydrogen-bond donors (Lipinski definition) is 1. The third kappa shape index (κ3) is 3.47. The number of ether oxygens (including phenoxy) is 1. The zero-order chi connectivity index (χ0) is 11.3. The highest BCUT2D eigenvalue weighted by atomic mass is 79.9. The molecule has 0 aliphatic carbocycles. The maximum Gasteiger partial charge on any atom is 0.166 e. The molecule has 2 N–H and O–H groups in total. The van der Waals surface area contributed by atoms with Crippen LogP contribution >= 0.6 is 15.9 Å². The van der Waals surface area contributed by atoms with Gasteiger partial charge in [-0.15, -0.1) is 0 Å². The second-order valence-electron chi connectivity index (χ2n) is 3.20. The maximum absolute atomic E-state index is 13.5. The summed E-state index contributed by atoms with van der Waals surface area (Å²) in [5, 5.41) is 0. The van der Waals surface area contributed by atoms with Crippen molar-refractivity contribution < 1.29 is 9.13 Å². The van der Waals surface area contributed by atoms with Crippen molar-refractivity contribution in [3.63, 3.8) is 0 Å². The second kappa shape index (κ2) is 6.08. The van der Waals surface area contributed by atoms with Crippen molar-refractivity contribution in [2.45, 2.75) is 19.8 Å². The fourth-order valence-corrected chi connectivity index (χ4v) is 1.88. The van der Waals surface area contributed by atoms with E-state index in [0.717, 1.165) is 22.9 Å². The van der Waals surface area contributed by atoms with Gasteiger partial charge in [-0.05, 0) is 44.0 Å². The first-order valence-corrected chi connectivity index (χ1v) is 5.79. The third-order valence-electron chi connectivity index (χ3n) is 2.02. The fourth-order valence-electron chi connectivity index (χ4n) is 1.40. The molecule has 0 fully saturated rings. The van der Waals surface area contributed by atoms with Crippen LogP contribution in [0, 0.1) is 5.82 Å². The van der Waals surface area contributed by atoms with Gasteiger partial charge in [0.2, 0.25) is 0 Å². The van der Waals surface area contributed by atoms with E-state index in [0.29, 0.717) is 18.9 Å². The van der Waals surface area contributed by atoms with Crippen molar-refractivity contribution in [2.75, 3.05) is 13.2 Å². The summed E-state index contributed by atoms with van der Waals surface area (Å²) >= 11 is 3.26. The molecule has 2 nitrogen and oxygen atoms in total. The molecule has 0 spiro atoms. The van der Waals surface area contributed by atoms with Gasteiger partial charge < -0.3 is 10.5 Å². The van der Waals surface area contributed by atoms with Crippen molar-refractivity contribution >= 4 is 15.9 Å². The van der Waals surface area contributed by atoms with E-state index >= 15 is 0 Å². The summed E-state index contributed by atoms with van der Waals surface area (Å²) in [5.74, 6) is 0.0346. The van der Waals surface area contributed by atoms with Crippen LogP contribution in [0.3, 0.4) is 0 Å². The van der Waals surface area contributed by atoms with Gasteiger partial charge in [0.25, 0.3) is 0 Å². The number of nitrogens with two attached hydrogens (primary N) is 1. The Kier molecular flexibility index (Phi) is 5.05. The Morgan fingerprint density at radius 1 is 1.47 bits per heavy atom. The minimum atomic E-state index is -0.321. The SMILES string of the molecule is CCOc1c(F)cc(Br)cc1CCCN. The van der Waals surface area contributed by atoms with Crippen LogP contribution in [0.15, 0.2) is 16.6 Å². The molecule has 1 rings (SSSR count). The Bertz CT molecular complexity index is 331. The number of benzene rings is 1. The van der Waals surface area contributed by atoms with E-state index in [-0.39, 0.29) is 5.82 Å². The van der Waals surface area contributed by atoms with Crippen molar-refractivity contribution in [2.24, 2.45) is 5.73 Å². The lowest BCUT2D eigenvalue weighted by Gasteiger charge is -2.11. The Labute approximate surface area is 97.7 Å². The van der Waals surface area contributed by atoms with E-state index in [4.69, 9.17) is 10.5 Å². The average molecular weight is 276 g/mol. The first-order chi connectivity index (χ1) is 7.19. The van der Waals surface area contributed by atoms with E-state index in [1.165, 1.54) is 6.07 Å². The van der Waals surface area contributed by atoms with Crippen LogP contribution in [0.4, 0.5) is 4.39 Å². The molecule has 0 heterocycles. The minimum absolute atomic E-state index is 0.321. The Morgan fingerprint density at radius 3 is 2.80 bits per heavy atom. The smallest absolute Gasteiger partial charge is 0.166 e. The molecule has 4 heteroatoms. The van der Waals surface area contributed by atoms with Gasteiger partial charge in [0, 0.05) is 4.47 Å². The van der Waals surface area contributed by atoms with Crippen LogP contribution in [0.1, 0.15) is 18.9 Å². The van der Waals surface area contributed by atoms with Gasteiger partial charge in [-0.2, -0.15) is 0 Å². The Hall–Kier alpha value is -0.610. The Morgan fingerprint density at radius 2 is 2.20 bits per heavy atom. The first-order valence-electron chi connectivity index (χ1n) is 4.99. The lowest BCUT2D eigenvalue weighted by molar-refractivity contribution is 0.317. The zero-order valence-electron chi connectivity index (χ0n) is 8.72. The summed E-state index contributed by atoms with van der Waals surface area (Å²) in [7, 11) is 0. The number of hydrogen-bond acceptors (Lipinski definition) is 2. The molecule has 0 bridgehead atoms. The molecule has 0 saturated heterocycles. The topological polar surface area (TPSA) is 35.2 Å². The third-order valence-corrected chi connectivity index (χ3v) is 2.48. The number of rotatable bonds is 5. The normalized spacial score (nSPS) is 10.4.